The van der Waals surface area contributed by atoms with Gasteiger partial charge in [-0.2, -0.15) is 18.3 Å². The van der Waals surface area contributed by atoms with Gasteiger partial charge < -0.3 is 5.32 Å². The minimum atomic E-state index is -4.69. The second kappa shape index (κ2) is 8.00. The number of carbonyl (C=O) groups excluding carboxylic acids is 1. The van der Waals surface area contributed by atoms with Gasteiger partial charge in [-0.3, -0.25) is 9.48 Å². The molecule has 6 nitrogen and oxygen atoms in total. The summed E-state index contributed by atoms with van der Waals surface area (Å²) in [5.41, 5.74) is 0.936. The van der Waals surface area contributed by atoms with Crippen molar-refractivity contribution in [1.29, 1.82) is 0 Å². The van der Waals surface area contributed by atoms with Crippen LogP contribution in [0, 0.1) is 0 Å². The Balaban J connectivity index is 1.98. The normalized spacial score (nSPS) is 13.2. The number of hydrogen-bond acceptors (Lipinski definition) is 4. The molecule has 0 aliphatic rings. The fraction of sp³-hybridized carbons (Fsp3) is 0.222. The third-order valence-corrected chi connectivity index (χ3v) is 4.62. The first-order chi connectivity index (χ1) is 13.6. The lowest BCUT2D eigenvalue weighted by Crippen LogP contribution is -2.44. The number of nitrogens with zero attached hydrogens (tertiary/aromatic N) is 4. The number of aromatic nitrogens is 4. The summed E-state index contributed by atoms with van der Waals surface area (Å²) < 4.78 is 37.9. The Morgan fingerprint density at radius 2 is 1.69 bits per heavy atom. The van der Waals surface area contributed by atoms with Crippen molar-refractivity contribution in [2.75, 3.05) is 0 Å². The van der Waals surface area contributed by atoms with Gasteiger partial charge in [0.25, 0.3) is 5.91 Å². The van der Waals surface area contributed by atoms with Crippen molar-refractivity contribution < 1.29 is 18.0 Å². The van der Waals surface area contributed by atoms with Gasteiger partial charge in [0, 0.05) is 42.3 Å². The molecule has 2 aromatic heterocycles. The zero-order chi connectivity index (χ0) is 21.2. The van der Waals surface area contributed by atoms with Crippen molar-refractivity contribution in [2.45, 2.75) is 16.6 Å². The number of benzene rings is 1. The van der Waals surface area contributed by atoms with Crippen LogP contribution in [0.15, 0.2) is 55.1 Å². The maximum atomic E-state index is 12.8. The molecular formula is C18H14Cl2F3N5O. The zero-order valence-corrected chi connectivity index (χ0v) is 16.4. The summed E-state index contributed by atoms with van der Waals surface area (Å²) in [4.78, 5) is 19.3. The van der Waals surface area contributed by atoms with Crippen molar-refractivity contribution in [3.8, 4) is 0 Å². The molecule has 0 bridgehead atoms. The predicted molar refractivity (Wildman–Crippen MR) is 100 cm³/mol. The molecule has 11 heteroatoms. The van der Waals surface area contributed by atoms with Crippen LogP contribution >= 0.6 is 23.2 Å². The van der Waals surface area contributed by atoms with Gasteiger partial charge in [0.15, 0.2) is 0 Å². The Labute approximate surface area is 173 Å². The van der Waals surface area contributed by atoms with Gasteiger partial charge in [0.05, 0.1) is 12.1 Å². The largest absolute Gasteiger partial charge is 0.451 e. The summed E-state index contributed by atoms with van der Waals surface area (Å²) in [6.07, 6.45) is 0.277. The van der Waals surface area contributed by atoms with Crippen LogP contribution in [-0.4, -0.2) is 30.1 Å². The Bertz CT molecular complexity index is 991. The van der Waals surface area contributed by atoms with Gasteiger partial charge in [-0.15, -0.1) is 0 Å². The highest BCUT2D eigenvalue weighted by molar-refractivity contribution is 6.49. The standard InChI is InChI=1S/C18H14Cl2F3N5O/c1-28-10-13(9-26-28)14(12-7-24-16(25-8-12)18(21,22)23)17(19,20)27-15(29)11-5-3-2-4-6-11/h2-10,14H,1H3,(H,27,29). The number of alkyl halides is 5. The SMILES string of the molecule is Cn1cc(C(c2cnc(C(F)(F)F)nc2)C(Cl)(Cl)NC(=O)c2ccccc2)cn1. The van der Waals surface area contributed by atoms with Gasteiger partial charge in [0.1, 0.15) is 0 Å². The number of aryl methyl sites for hydroxylation is 1. The summed E-state index contributed by atoms with van der Waals surface area (Å²) in [7, 11) is 1.65. The first-order valence-corrected chi connectivity index (χ1v) is 8.96. The van der Waals surface area contributed by atoms with Crippen LogP contribution in [0.25, 0.3) is 0 Å². The van der Waals surface area contributed by atoms with E-state index in [1.54, 1.807) is 43.6 Å². The molecule has 3 rings (SSSR count). The Kier molecular flexibility index (Phi) is 5.81. The fourth-order valence-electron chi connectivity index (χ4n) is 2.72. The number of carbonyl (C=O) groups is 1. The van der Waals surface area contributed by atoms with E-state index in [9.17, 15) is 18.0 Å². The van der Waals surface area contributed by atoms with Gasteiger partial charge in [0.2, 0.25) is 10.3 Å². The van der Waals surface area contributed by atoms with Crippen LogP contribution in [-0.2, 0) is 13.2 Å². The van der Waals surface area contributed by atoms with Crippen molar-refractivity contribution in [1.82, 2.24) is 25.1 Å². The number of rotatable bonds is 5. The highest BCUT2D eigenvalue weighted by atomic mass is 35.5. The van der Waals surface area contributed by atoms with Crippen LogP contribution in [0.2, 0.25) is 0 Å². The van der Waals surface area contributed by atoms with E-state index in [1.165, 1.54) is 10.9 Å². The molecule has 0 aliphatic heterocycles. The smallest absolute Gasteiger partial charge is 0.320 e. The molecule has 1 atom stereocenters. The van der Waals surface area contributed by atoms with E-state index < -0.39 is 28.3 Å². The number of nitrogens with one attached hydrogen (secondary N) is 1. The summed E-state index contributed by atoms with van der Waals surface area (Å²) in [6.45, 7) is 0. The monoisotopic (exact) mass is 443 g/mol. The molecule has 29 heavy (non-hydrogen) atoms. The van der Waals surface area contributed by atoms with Crippen molar-refractivity contribution in [2.24, 2.45) is 7.05 Å². The number of halogens is 5. The number of hydrogen-bond donors (Lipinski definition) is 1. The van der Waals surface area contributed by atoms with E-state index in [0.29, 0.717) is 11.1 Å². The molecule has 0 aliphatic carbocycles. The molecule has 0 saturated carbocycles. The lowest BCUT2D eigenvalue weighted by molar-refractivity contribution is -0.145. The third kappa shape index (κ3) is 4.86. The van der Waals surface area contributed by atoms with Crippen molar-refractivity contribution >= 4 is 29.1 Å². The molecule has 0 spiro atoms. The second-order valence-corrected chi connectivity index (χ2v) is 7.55. The summed E-state index contributed by atoms with van der Waals surface area (Å²) >= 11 is 12.9. The molecule has 1 N–H and O–H groups in total. The van der Waals surface area contributed by atoms with Gasteiger partial charge >= 0.3 is 6.18 Å². The highest BCUT2D eigenvalue weighted by Crippen LogP contribution is 2.41. The van der Waals surface area contributed by atoms with Gasteiger partial charge in [-0.1, -0.05) is 41.4 Å². The molecule has 0 radical (unpaired) electrons. The van der Waals surface area contributed by atoms with Crippen LogP contribution in [0.1, 0.15) is 33.2 Å². The van der Waals surface area contributed by atoms with Gasteiger partial charge in [-0.05, 0) is 12.1 Å². The molecule has 0 saturated heterocycles. The lowest BCUT2D eigenvalue weighted by Gasteiger charge is -2.30. The van der Waals surface area contributed by atoms with E-state index in [4.69, 9.17) is 23.2 Å². The quantitative estimate of drug-likeness (QED) is 0.479. The maximum absolute atomic E-state index is 12.8. The maximum Gasteiger partial charge on any atom is 0.451 e. The number of amides is 1. The second-order valence-electron chi connectivity index (χ2n) is 6.16. The minimum Gasteiger partial charge on any atom is -0.320 e. The van der Waals surface area contributed by atoms with E-state index in [2.05, 4.69) is 20.4 Å². The van der Waals surface area contributed by atoms with E-state index >= 15 is 0 Å². The summed E-state index contributed by atoms with van der Waals surface area (Å²) in [6, 6.07) is 8.21. The van der Waals surface area contributed by atoms with Crippen LogP contribution in [0.4, 0.5) is 13.2 Å². The summed E-state index contributed by atoms with van der Waals surface area (Å²) in [5.74, 6) is -2.85. The van der Waals surface area contributed by atoms with E-state index in [1.807, 2.05) is 0 Å². The predicted octanol–water partition coefficient (Wildman–Crippen LogP) is 3.92. The third-order valence-electron chi connectivity index (χ3n) is 4.00. The minimum absolute atomic E-state index is 0.171. The Morgan fingerprint density at radius 1 is 1.07 bits per heavy atom. The van der Waals surface area contributed by atoms with Crippen LogP contribution < -0.4 is 5.32 Å². The van der Waals surface area contributed by atoms with E-state index in [-0.39, 0.29) is 5.56 Å². The molecule has 1 amide bonds. The van der Waals surface area contributed by atoms with Crippen LogP contribution in [0.3, 0.4) is 0 Å². The average Bonchev–Trinajstić information content (AvgIpc) is 3.07. The molecule has 3 aromatic rings. The van der Waals surface area contributed by atoms with Gasteiger partial charge in [-0.25, -0.2) is 9.97 Å². The average molecular weight is 444 g/mol. The first-order valence-electron chi connectivity index (χ1n) is 8.21. The molecule has 0 fully saturated rings. The zero-order valence-electron chi connectivity index (χ0n) is 14.9. The molecule has 2 heterocycles. The van der Waals surface area contributed by atoms with E-state index in [0.717, 1.165) is 12.4 Å². The van der Waals surface area contributed by atoms with Crippen molar-refractivity contribution in [3.05, 3.63) is 77.6 Å². The molecule has 1 unspecified atom stereocenters. The lowest BCUT2D eigenvalue weighted by atomic mass is 9.95. The fourth-order valence-corrected chi connectivity index (χ4v) is 3.39. The molecular weight excluding hydrogens is 430 g/mol. The first kappa shape index (κ1) is 21.1. The summed E-state index contributed by atoms with van der Waals surface area (Å²) in [5, 5.41) is 6.54. The Hall–Kier alpha value is -2.65. The van der Waals surface area contributed by atoms with Crippen molar-refractivity contribution in [3.63, 3.8) is 0 Å². The molecule has 1 aromatic carbocycles. The highest BCUT2D eigenvalue weighted by Gasteiger charge is 2.41. The topological polar surface area (TPSA) is 72.7 Å². The molecule has 152 valence electrons. The van der Waals surface area contributed by atoms with Crippen LogP contribution in [0.5, 0.6) is 0 Å². The Morgan fingerprint density at radius 3 is 2.21 bits per heavy atom.